The molecule has 12 heavy (non-hydrogen) atoms. The zero-order valence-electron chi connectivity index (χ0n) is 6.62. The molecule has 1 rings (SSSR count). The Morgan fingerprint density at radius 2 is 0.917 bits per heavy atom. The monoisotopic (exact) mass is 181 g/mol. The van der Waals surface area contributed by atoms with Gasteiger partial charge in [0.2, 0.25) is 0 Å². The number of aromatic amines is 3. The molecule has 1 aromatic heterocycles. The molecule has 0 spiro atoms. The highest BCUT2D eigenvalue weighted by molar-refractivity contribution is 4.74. The van der Waals surface area contributed by atoms with E-state index in [1.807, 2.05) is 0 Å². The van der Waals surface area contributed by atoms with Crippen LogP contribution in [0, 0.1) is 5.41 Å². The van der Waals surface area contributed by atoms with Gasteiger partial charge >= 0.3 is 0 Å². The first-order valence-corrected chi connectivity index (χ1v) is 3.43. The normalized spacial score (nSPS) is 11.0. The second kappa shape index (κ2) is 5.84. The van der Waals surface area contributed by atoms with Crippen LogP contribution in [-0.4, -0.2) is 62.5 Å². The summed E-state index contributed by atoms with van der Waals surface area (Å²) in [6.45, 7) is -1.62. The molecule has 0 aliphatic carbocycles. The maximum Gasteiger partial charge on any atom is 0.0627 e. The number of hydrogen-bond donors (Lipinski definition) is 7. The summed E-state index contributed by atoms with van der Waals surface area (Å²) in [6, 6.07) is 0. The summed E-state index contributed by atoms with van der Waals surface area (Å²) in [5, 5.41) is 41.5. The second-order valence-electron chi connectivity index (χ2n) is 2.51. The Labute approximate surface area is 69.0 Å². The van der Waals surface area contributed by atoms with Gasteiger partial charge in [0.05, 0.1) is 31.8 Å². The van der Waals surface area contributed by atoms with E-state index in [0.717, 1.165) is 0 Å². The molecule has 7 heteroatoms. The predicted octanol–water partition coefficient (Wildman–Crippen LogP) is -2.39. The molecule has 7 N–H and O–H groups in total. The van der Waals surface area contributed by atoms with E-state index in [2.05, 4.69) is 15.6 Å². The minimum Gasteiger partial charge on any atom is -0.396 e. The van der Waals surface area contributed by atoms with Crippen molar-refractivity contribution in [1.29, 1.82) is 0 Å². The quantitative estimate of drug-likeness (QED) is 0.279. The maximum atomic E-state index is 8.50. The standard InChI is InChI=1S/C5H12O4.H3N3/c6-1-5(2-7,3-8)4-9;1-2-3-1/h6-9H,1-4H2;1-3H. The second-order valence-corrected chi connectivity index (χ2v) is 2.51. The topological polar surface area (TPSA) is 128 Å². The highest BCUT2D eigenvalue weighted by atomic mass is 16.3. The fourth-order valence-electron chi connectivity index (χ4n) is 0.300. The molecule has 0 saturated carbocycles. The SMILES string of the molecule is OCC(CO)(CO)CO.[nH]1[nH][nH]1. The van der Waals surface area contributed by atoms with Crippen LogP contribution >= 0.6 is 0 Å². The summed E-state index contributed by atoms with van der Waals surface area (Å²) in [5.41, 5.74) is -1.11. The molecule has 1 heterocycles. The van der Waals surface area contributed by atoms with Gasteiger partial charge in [-0.25, -0.2) is 15.6 Å². The van der Waals surface area contributed by atoms with Crippen LogP contribution in [-0.2, 0) is 0 Å². The van der Waals surface area contributed by atoms with E-state index in [0.29, 0.717) is 0 Å². The summed E-state index contributed by atoms with van der Waals surface area (Å²) in [5.74, 6) is 0. The van der Waals surface area contributed by atoms with Crippen LogP contribution < -0.4 is 0 Å². The summed E-state index contributed by atoms with van der Waals surface area (Å²) in [7, 11) is 0. The van der Waals surface area contributed by atoms with Gasteiger partial charge in [0.25, 0.3) is 0 Å². The van der Waals surface area contributed by atoms with Crippen LogP contribution in [0.5, 0.6) is 0 Å². The molecule has 0 aliphatic rings. The molecule has 0 aromatic carbocycles. The molecular weight excluding hydrogens is 166 g/mol. The van der Waals surface area contributed by atoms with E-state index < -0.39 is 31.8 Å². The van der Waals surface area contributed by atoms with Gasteiger partial charge < -0.3 is 20.4 Å². The number of nitrogens with one attached hydrogen (secondary N) is 3. The molecule has 0 radical (unpaired) electrons. The van der Waals surface area contributed by atoms with Gasteiger partial charge in [-0.1, -0.05) is 0 Å². The Morgan fingerprint density at radius 3 is 0.917 bits per heavy atom. The minimum absolute atomic E-state index is 0.406. The number of aliphatic hydroxyl groups excluding tert-OH is 4. The van der Waals surface area contributed by atoms with Crippen molar-refractivity contribution >= 4 is 0 Å². The van der Waals surface area contributed by atoms with Crippen molar-refractivity contribution in [2.45, 2.75) is 0 Å². The molecule has 0 saturated heterocycles. The van der Waals surface area contributed by atoms with Crippen molar-refractivity contribution in [2.75, 3.05) is 26.4 Å². The van der Waals surface area contributed by atoms with E-state index in [1.165, 1.54) is 0 Å². The lowest BCUT2D eigenvalue weighted by Crippen LogP contribution is -2.37. The van der Waals surface area contributed by atoms with Crippen LogP contribution in [0.25, 0.3) is 0 Å². The Bertz CT molecular complexity index is 125. The number of H-pyrrole nitrogens is 3. The van der Waals surface area contributed by atoms with Crippen LogP contribution in [0.2, 0.25) is 0 Å². The van der Waals surface area contributed by atoms with Gasteiger partial charge in [-0.2, -0.15) is 0 Å². The first-order chi connectivity index (χ1) is 5.74. The van der Waals surface area contributed by atoms with E-state index in [4.69, 9.17) is 20.4 Å². The Hall–Kier alpha value is -0.760. The van der Waals surface area contributed by atoms with Gasteiger partial charge in [-0.15, -0.1) is 0 Å². The van der Waals surface area contributed by atoms with Gasteiger partial charge in [-0.3, -0.25) is 0 Å². The molecular formula is C5H15N3O4. The van der Waals surface area contributed by atoms with Crippen molar-refractivity contribution in [3.05, 3.63) is 0 Å². The van der Waals surface area contributed by atoms with E-state index in [-0.39, 0.29) is 0 Å². The molecule has 0 bridgehead atoms. The van der Waals surface area contributed by atoms with Gasteiger partial charge in [0.15, 0.2) is 0 Å². The molecule has 0 fully saturated rings. The van der Waals surface area contributed by atoms with Gasteiger partial charge in [0, 0.05) is 0 Å². The minimum atomic E-state index is -1.11. The zero-order valence-corrected chi connectivity index (χ0v) is 6.62. The Kier molecular flexibility index (Phi) is 5.47. The van der Waals surface area contributed by atoms with Crippen molar-refractivity contribution in [3.8, 4) is 0 Å². The predicted molar refractivity (Wildman–Crippen MR) is 40.3 cm³/mol. The van der Waals surface area contributed by atoms with Crippen molar-refractivity contribution in [1.82, 2.24) is 15.6 Å². The van der Waals surface area contributed by atoms with Crippen LogP contribution in [0.4, 0.5) is 0 Å². The maximum absolute atomic E-state index is 8.50. The summed E-state index contributed by atoms with van der Waals surface area (Å²) < 4.78 is 0. The Morgan fingerprint density at radius 1 is 0.667 bits per heavy atom. The fraction of sp³-hybridized carbons (Fsp3) is 1.00. The summed E-state index contributed by atoms with van der Waals surface area (Å²) in [6.07, 6.45) is 0. The number of aromatic nitrogens is 3. The Balaban J connectivity index is 0.000000330. The van der Waals surface area contributed by atoms with Crippen molar-refractivity contribution in [3.63, 3.8) is 0 Å². The van der Waals surface area contributed by atoms with Crippen LogP contribution in [0.1, 0.15) is 0 Å². The fourth-order valence-corrected chi connectivity index (χ4v) is 0.300. The molecule has 0 amide bonds. The first kappa shape index (κ1) is 11.2. The molecule has 0 unspecified atom stereocenters. The van der Waals surface area contributed by atoms with E-state index >= 15 is 0 Å². The highest BCUT2D eigenvalue weighted by Gasteiger charge is 2.26. The van der Waals surface area contributed by atoms with E-state index in [1.54, 1.807) is 0 Å². The average molecular weight is 181 g/mol. The third-order valence-electron chi connectivity index (χ3n) is 1.47. The summed E-state index contributed by atoms with van der Waals surface area (Å²) >= 11 is 0. The van der Waals surface area contributed by atoms with Crippen molar-refractivity contribution in [2.24, 2.45) is 5.41 Å². The molecule has 1 aromatic rings. The molecule has 7 nitrogen and oxygen atoms in total. The average Bonchev–Trinajstić information content (AvgIpc) is 2.96. The lowest BCUT2D eigenvalue weighted by molar-refractivity contribution is -0.0328. The van der Waals surface area contributed by atoms with Crippen molar-refractivity contribution < 1.29 is 20.4 Å². The third kappa shape index (κ3) is 4.19. The lowest BCUT2D eigenvalue weighted by Gasteiger charge is -2.23. The van der Waals surface area contributed by atoms with Gasteiger partial charge in [-0.05, 0) is 0 Å². The van der Waals surface area contributed by atoms with Gasteiger partial charge in [0.1, 0.15) is 0 Å². The number of hydrogen-bond acceptors (Lipinski definition) is 4. The third-order valence-corrected chi connectivity index (χ3v) is 1.47. The first-order valence-electron chi connectivity index (χ1n) is 3.43. The number of aliphatic hydroxyl groups is 4. The highest BCUT2D eigenvalue weighted by Crippen LogP contribution is 2.11. The lowest BCUT2D eigenvalue weighted by atomic mass is 9.93. The molecule has 0 aliphatic heterocycles. The zero-order chi connectivity index (χ0) is 9.45. The summed E-state index contributed by atoms with van der Waals surface area (Å²) in [4.78, 5) is 0. The number of rotatable bonds is 4. The van der Waals surface area contributed by atoms with E-state index in [9.17, 15) is 0 Å². The molecule has 0 atom stereocenters. The largest absolute Gasteiger partial charge is 0.396 e. The molecule has 74 valence electrons. The van der Waals surface area contributed by atoms with Crippen LogP contribution in [0.3, 0.4) is 0 Å². The van der Waals surface area contributed by atoms with Crippen LogP contribution in [0.15, 0.2) is 0 Å². The smallest absolute Gasteiger partial charge is 0.0627 e.